The first kappa shape index (κ1) is 9.02. The highest BCUT2D eigenvalue weighted by Crippen LogP contribution is 2.36. The van der Waals surface area contributed by atoms with E-state index in [0.717, 1.165) is 11.0 Å². The summed E-state index contributed by atoms with van der Waals surface area (Å²) < 4.78 is 15.8. The first-order chi connectivity index (χ1) is 7.29. The molecular weight excluding hydrogens is 197 g/mol. The zero-order valence-electron chi connectivity index (χ0n) is 7.97. The molecule has 3 rings (SSSR count). The molecular formula is C9H10BNO4. The maximum Gasteiger partial charge on any atom is 0.492 e. The molecule has 3 N–H and O–H groups in total. The van der Waals surface area contributed by atoms with Gasteiger partial charge >= 0.3 is 7.12 Å². The van der Waals surface area contributed by atoms with Crippen LogP contribution in [0.2, 0.25) is 0 Å². The van der Waals surface area contributed by atoms with Crippen LogP contribution in [0.3, 0.4) is 0 Å². The zero-order chi connectivity index (χ0) is 10.4. The number of rotatable bonds is 1. The van der Waals surface area contributed by atoms with Crippen LogP contribution in [0.4, 0.5) is 0 Å². The number of benzene rings is 1. The van der Waals surface area contributed by atoms with Crippen LogP contribution in [0.25, 0.3) is 0 Å². The highest BCUT2D eigenvalue weighted by molar-refractivity contribution is 6.61. The summed E-state index contributed by atoms with van der Waals surface area (Å²) in [4.78, 5) is 0. The highest BCUT2D eigenvalue weighted by atomic mass is 16.7. The van der Waals surface area contributed by atoms with Crippen LogP contribution in [0.5, 0.6) is 11.5 Å². The molecule has 2 aliphatic rings. The summed E-state index contributed by atoms with van der Waals surface area (Å²) in [6.45, 7) is 0.562. The van der Waals surface area contributed by atoms with E-state index in [1.165, 1.54) is 0 Å². The number of hydrogen-bond acceptors (Lipinski definition) is 5. The van der Waals surface area contributed by atoms with E-state index in [9.17, 15) is 5.02 Å². The van der Waals surface area contributed by atoms with Crippen molar-refractivity contribution in [3.05, 3.63) is 17.7 Å². The van der Waals surface area contributed by atoms with Crippen molar-refractivity contribution in [1.29, 1.82) is 0 Å². The second-order valence-electron chi connectivity index (χ2n) is 3.55. The van der Waals surface area contributed by atoms with Crippen LogP contribution >= 0.6 is 0 Å². The van der Waals surface area contributed by atoms with Crippen molar-refractivity contribution in [2.75, 3.05) is 13.3 Å². The lowest BCUT2D eigenvalue weighted by atomic mass is 9.79. The van der Waals surface area contributed by atoms with Gasteiger partial charge in [-0.05, 0) is 23.2 Å². The Morgan fingerprint density at radius 1 is 1.40 bits per heavy atom. The largest absolute Gasteiger partial charge is 0.492 e. The van der Waals surface area contributed by atoms with E-state index < -0.39 is 7.12 Å². The molecule has 5 nitrogen and oxygen atoms in total. The summed E-state index contributed by atoms with van der Waals surface area (Å²) in [5.41, 5.74) is 7.15. The van der Waals surface area contributed by atoms with Gasteiger partial charge in [0.05, 0.1) is 6.10 Å². The van der Waals surface area contributed by atoms with E-state index in [4.69, 9.17) is 19.9 Å². The van der Waals surface area contributed by atoms with E-state index in [1.807, 2.05) is 6.07 Å². The molecule has 0 aliphatic carbocycles. The summed E-state index contributed by atoms with van der Waals surface area (Å²) >= 11 is 0. The molecule has 0 radical (unpaired) electrons. The molecule has 2 aliphatic heterocycles. The molecule has 0 saturated carbocycles. The molecule has 1 aromatic rings. The van der Waals surface area contributed by atoms with Crippen LogP contribution in [0.15, 0.2) is 12.1 Å². The molecule has 1 atom stereocenters. The predicted octanol–water partition coefficient (Wildman–Crippen LogP) is -0.867. The number of nitrogens with two attached hydrogens (primary N) is 1. The van der Waals surface area contributed by atoms with Gasteiger partial charge in [-0.25, -0.2) is 0 Å². The third-order valence-corrected chi connectivity index (χ3v) is 2.70. The lowest BCUT2D eigenvalue weighted by molar-refractivity contribution is 0.173. The van der Waals surface area contributed by atoms with Gasteiger partial charge in [-0.15, -0.1) is 0 Å². The van der Waals surface area contributed by atoms with E-state index in [-0.39, 0.29) is 12.9 Å². The summed E-state index contributed by atoms with van der Waals surface area (Å²) in [5.74, 6) is 1.33. The molecule has 6 heteroatoms. The van der Waals surface area contributed by atoms with Gasteiger partial charge in [-0.3, -0.25) is 0 Å². The molecule has 2 heterocycles. The Bertz CT molecular complexity index is 411. The lowest BCUT2D eigenvalue weighted by Crippen LogP contribution is -2.28. The van der Waals surface area contributed by atoms with E-state index in [2.05, 4.69) is 0 Å². The van der Waals surface area contributed by atoms with E-state index >= 15 is 0 Å². The Hall–Kier alpha value is -1.24. The van der Waals surface area contributed by atoms with Crippen molar-refractivity contribution in [2.24, 2.45) is 5.73 Å². The standard InChI is InChI=1S/C9H10BNO4/c11-3-9-5-1-7-8(14-4-13-7)2-6(5)10(12)15-9/h1-2,9,12H,3-4,11H2. The second-order valence-corrected chi connectivity index (χ2v) is 3.55. The van der Waals surface area contributed by atoms with Crippen LogP contribution in [0, 0.1) is 0 Å². The van der Waals surface area contributed by atoms with Gasteiger partial charge < -0.3 is 24.9 Å². The maximum absolute atomic E-state index is 9.64. The summed E-state index contributed by atoms with van der Waals surface area (Å²) in [5, 5.41) is 9.64. The molecule has 1 unspecified atom stereocenters. The fourth-order valence-electron chi connectivity index (χ4n) is 1.95. The van der Waals surface area contributed by atoms with Crippen LogP contribution in [-0.4, -0.2) is 25.5 Å². The van der Waals surface area contributed by atoms with Crippen LogP contribution in [0.1, 0.15) is 11.7 Å². The van der Waals surface area contributed by atoms with Gasteiger partial charge in [-0.1, -0.05) is 0 Å². The third-order valence-electron chi connectivity index (χ3n) is 2.70. The Morgan fingerprint density at radius 3 is 2.87 bits per heavy atom. The van der Waals surface area contributed by atoms with Crippen LogP contribution in [-0.2, 0) is 4.65 Å². The van der Waals surface area contributed by atoms with Gasteiger partial charge in [-0.2, -0.15) is 0 Å². The molecule has 15 heavy (non-hydrogen) atoms. The Morgan fingerprint density at radius 2 is 2.13 bits per heavy atom. The maximum atomic E-state index is 9.64. The molecule has 0 aromatic heterocycles. The van der Waals surface area contributed by atoms with Crippen LogP contribution < -0.4 is 20.7 Å². The monoisotopic (exact) mass is 207 g/mol. The Labute approximate surface area is 86.9 Å². The number of ether oxygens (including phenoxy) is 2. The van der Waals surface area contributed by atoms with Gasteiger partial charge in [0.25, 0.3) is 0 Å². The number of fused-ring (bicyclic) bond motifs is 2. The Kier molecular flexibility index (Phi) is 1.88. The highest BCUT2D eigenvalue weighted by Gasteiger charge is 2.36. The van der Waals surface area contributed by atoms with Crippen molar-refractivity contribution < 1.29 is 19.2 Å². The molecule has 78 valence electrons. The number of hydrogen-bond donors (Lipinski definition) is 2. The molecule has 0 fully saturated rings. The fraction of sp³-hybridized carbons (Fsp3) is 0.333. The fourth-order valence-corrected chi connectivity index (χ4v) is 1.95. The first-order valence-corrected chi connectivity index (χ1v) is 4.76. The minimum atomic E-state index is -0.914. The van der Waals surface area contributed by atoms with Gasteiger partial charge in [0.15, 0.2) is 11.5 Å². The van der Waals surface area contributed by atoms with Crippen molar-refractivity contribution in [3.8, 4) is 11.5 Å². The normalized spacial score (nSPS) is 22.0. The molecule has 0 amide bonds. The summed E-state index contributed by atoms with van der Waals surface area (Å²) in [7, 11) is -0.914. The third kappa shape index (κ3) is 1.22. The second kappa shape index (κ2) is 3.13. The van der Waals surface area contributed by atoms with Gasteiger partial charge in [0.1, 0.15) is 0 Å². The van der Waals surface area contributed by atoms with Gasteiger partial charge in [0.2, 0.25) is 6.79 Å². The summed E-state index contributed by atoms with van der Waals surface area (Å²) in [6.07, 6.45) is -0.260. The van der Waals surface area contributed by atoms with Crippen molar-refractivity contribution in [2.45, 2.75) is 6.10 Å². The average Bonchev–Trinajstić information content (AvgIpc) is 2.81. The van der Waals surface area contributed by atoms with Crippen molar-refractivity contribution in [1.82, 2.24) is 0 Å². The molecule has 0 saturated heterocycles. The van der Waals surface area contributed by atoms with E-state index in [0.29, 0.717) is 18.0 Å². The van der Waals surface area contributed by atoms with Gasteiger partial charge in [0, 0.05) is 6.54 Å². The first-order valence-electron chi connectivity index (χ1n) is 4.76. The Balaban J connectivity index is 2.11. The van der Waals surface area contributed by atoms with Crippen molar-refractivity contribution >= 4 is 12.6 Å². The van der Waals surface area contributed by atoms with Crippen molar-refractivity contribution in [3.63, 3.8) is 0 Å². The molecule has 0 bridgehead atoms. The average molecular weight is 207 g/mol. The SMILES string of the molecule is NCC1OB(O)c2cc3c(cc21)OCO3. The quantitative estimate of drug-likeness (QED) is 0.585. The van der Waals surface area contributed by atoms with E-state index in [1.54, 1.807) is 6.07 Å². The lowest BCUT2D eigenvalue weighted by Gasteiger charge is -2.08. The smallest absolute Gasteiger partial charge is 0.454 e. The molecule has 0 spiro atoms. The topological polar surface area (TPSA) is 73.9 Å². The minimum Gasteiger partial charge on any atom is -0.454 e. The zero-order valence-corrected chi connectivity index (χ0v) is 7.97. The summed E-state index contributed by atoms with van der Waals surface area (Å²) in [6, 6.07) is 3.57. The predicted molar refractivity (Wildman–Crippen MR) is 53.1 cm³/mol. The molecule has 1 aromatic carbocycles. The minimum absolute atomic E-state index is 0.225.